The van der Waals surface area contributed by atoms with Crippen LogP contribution in [0, 0.1) is 0 Å². The number of phenolic OH excluding ortho intramolecular Hbond substituents is 1. The average Bonchev–Trinajstić information content (AvgIpc) is 2.48. The number of aliphatic hydroxyl groups excluding tert-OH is 1. The highest BCUT2D eigenvalue weighted by Gasteiger charge is 2.14. The highest BCUT2D eigenvalue weighted by atomic mass is 79.9. The predicted molar refractivity (Wildman–Crippen MR) is 84.3 cm³/mol. The maximum absolute atomic E-state index is 10.2. The molecule has 2 unspecified atom stereocenters. The number of aromatic hydroxyl groups is 1. The molecule has 0 radical (unpaired) electrons. The Morgan fingerprint density at radius 2 is 1.85 bits per heavy atom. The number of rotatable bonds is 4. The van der Waals surface area contributed by atoms with Gasteiger partial charge in [0.25, 0.3) is 0 Å². The molecule has 0 bridgehead atoms. The van der Waals surface area contributed by atoms with E-state index in [1.165, 1.54) is 0 Å². The van der Waals surface area contributed by atoms with Crippen molar-refractivity contribution in [2.75, 3.05) is 0 Å². The maximum Gasteiger partial charge on any atom is 0.124 e. The van der Waals surface area contributed by atoms with E-state index in [-0.39, 0.29) is 11.8 Å². The van der Waals surface area contributed by atoms with Gasteiger partial charge in [-0.1, -0.05) is 46.3 Å². The molecule has 0 aliphatic rings. The number of halogens is 1. The molecule has 0 heterocycles. The maximum atomic E-state index is 10.2. The fourth-order valence-electron chi connectivity index (χ4n) is 1.84. The van der Waals surface area contributed by atoms with Gasteiger partial charge < -0.3 is 10.2 Å². The molecule has 4 heteroatoms. The third-order valence-electron chi connectivity index (χ3n) is 3.04. The fraction of sp³-hybridized carbons (Fsp3) is 0.188. The quantitative estimate of drug-likeness (QED) is 0.838. The lowest BCUT2D eigenvalue weighted by molar-refractivity contribution is 0.154. The second-order valence-corrected chi connectivity index (χ2v) is 5.49. The average molecular weight is 334 g/mol. The molecule has 3 nitrogen and oxygen atoms in total. The van der Waals surface area contributed by atoms with Crippen molar-refractivity contribution in [2.45, 2.75) is 19.1 Å². The molecule has 0 saturated heterocycles. The van der Waals surface area contributed by atoms with Crippen molar-refractivity contribution in [1.29, 1.82) is 0 Å². The van der Waals surface area contributed by atoms with Crippen LogP contribution in [0.1, 0.15) is 24.2 Å². The summed E-state index contributed by atoms with van der Waals surface area (Å²) in [6, 6.07) is 14.3. The van der Waals surface area contributed by atoms with Crippen molar-refractivity contribution in [2.24, 2.45) is 4.99 Å². The molecule has 2 atom stereocenters. The molecule has 2 N–H and O–H groups in total. The minimum Gasteiger partial charge on any atom is -0.507 e. The Morgan fingerprint density at radius 3 is 2.55 bits per heavy atom. The first kappa shape index (κ1) is 14.8. The summed E-state index contributed by atoms with van der Waals surface area (Å²) in [7, 11) is 0. The summed E-state index contributed by atoms with van der Waals surface area (Å²) in [4.78, 5) is 4.32. The van der Waals surface area contributed by atoms with Gasteiger partial charge in [-0.2, -0.15) is 0 Å². The number of nitrogens with zero attached hydrogens (tertiary/aromatic N) is 1. The molecule has 0 saturated carbocycles. The largest absolute Gasteiger partial charge is 0.507 e. The minimum atomic E-state index is -0.665. The van der Waals surface area contributed by atoms with Crippen LogP contribution in [0.25, 0.3) is 0 Å². The van der Waals surface area contributed by atoms with Crippen LogP contribution in [-0.4, -0.2) is 22.5 Å². The normalized spacial score (nSPS) is 14.3. The van der Waals surface area contributed by atoms with Gasteiger partial charge in [0.2, 0.25) is 0 Å². The lowest BCUT2D eigenvalue weighted by Crippen LogP contribution is -2.12. The van der Waals surface area contributed by atoms with E-state index in [2.05, 4.69) is 20.9 Å². The summed E-state index contributed by atoms with van der Waals surface area (Å²) >= 11 is 3.35. The summed E-state index contributed by atoms with van der Waals surface area (Å²) in [6.07, 6.45) is 0.915. The summed E-state index contributed by atoms with van der Waals surface area (Å²) in [5.41, 5.74) is 1.45. The van der Waals surface area contributed by atoms with E-state index in [0.717, 1.165) is 10.0 Å². The van der Waals surface area contributed by atoms with Crippen LogP contribution in [0.4, 0.5) is 0 Å². The zero-order valence-electron chi connectivity index (χ0n) is 11.1. The second-order valence-electron chi connectivity index (χ2n) is 4.58. The Kier molecular flexibility index (Phi) is 4.93. The Balaban J connectivity index is 2.13. The highest BCUT2D eigenvalue weighted by Crippen LogP contribution is 2.22. The van der Waals surface area contributed by atoms with Crippen LogP contribution in [0.2, 0.25) is 0 Å². The molecule has 2 aromatic carbocycles. The lowest BCUT2D eigenvalue weighted by Gasteiger charge is -2.15. The molecule has 0 aliphatic heterocycles. The van der Waals surface area contributed by atoms with Gasteiger partial charge in [-0.15, -0.1) is 0 Å². The molecule has 20 heavy (non-hydrogen) atoms. The van der Waals surface area contributed by atoms with Gasteiger partial charge in [-0.05, 0) is 30.7 Å². The Bertz CT molecular complexity index is 599. The van der Waals surface area contributed by atoms with E-state index in [4.69, 9.17) is 0 Å². The van der Waals surface area contributed by atoms with Crippen molar-refractivity contribution >= 4 is 22.1 Å². The Hall–Kier alpha value is -1.65. The van der Waals surface area contributed by atoms with Crippen LogP contribution in [0.15, 0.2) is 58.0 Å². The summed E-state index contributed by atoms with van der Waals surface area (Å²) < 4.78 is 0.869. The van der Waals surface area contributed by atoms with Crippen molar-refractivity contribution in [1.82, 2.24) is 0 Å². The van der Waals surface area contributed by atoms with E-state index < -0.39 is 6.10 Å². The van der Waals surface area contributed by atoms with E-state index in [1.54, 1.807) is 24.4 Å². The molecule has 2 rings (SSSR count). The van der Waals surface area contributed by atoms with E-state index >= 15 is 0 Å². The number of benzene rings is 2. The molecule has 2 aromatic rings. The summed E-state index contributed by atoms with van der Waals surface area (Å²) in [5.74, 6) is 0.165. The van der Waals surface area contributed by atoms with Crippen LogP contribution in [0.5, 0.6) is 5.75 Å². The van der Waals surface area contributed by atoms with E-state index in [9.17, 15) is 10.2 Å². The van der Waals surface area contributed by atoms with Gasteiger partial charge in [0, 0.05) is 16.3 Å². The zero-order chi connectivity index (χ0) is 14.5. The molecule has 0 amide bonds. The molecule has 0 aliphatic carbocycles. The number of phenols is 1. The molecule has 104 valence electrons. The second kappa shape index (κ2) is 6.68. The van der Waals surface area contributed by atoms with Gasteiger partial charge in [-0.3, -0.25) is 4.99 Å². The van der Waals surface area contributed by atoms with E-state index in [1.807, 2.05) is 37.3 Å². The Labute approximate surface area is 126 Å². The molecular weight excluding hydrogens is 318 g/mol. The summed E-state index contributed by atoms with van der Waals surface area (Å²) in [5, 5.41) is 19.9. The first-order chi connectivity index (χ1) is 9.58. The first-order valence-electron chi connectivity index (χ1n) is 6.32. The molecule has 0 spiro atoms. The highest BCUT2D eigenvalue weighted by molar-refractivity contribution is 9.10. The topological polar surface area (TPSA) is 52.8 Å². The molecule has 0 fully saturated rings. The van der Waals surface area contributed by atoms with Gasteiger partial charge in [0.05, 0.1) is 6.04 Å². The number of hydrogen-bond donors (Lipinski definition) is 2. The fourth-order valence-corrected chi connectivity index (χ4v) is 2.22. The number of hydrogen-bond acceptors (Lipinski definition) is 3. The smallest absolute Gasteiger partial charge is 0.124 e. The first-order valence-corrected chi connectivity index (χ1v) is 7.12. The standard InChI is InChI=1S/C16H16BrNO2/c1-11(16(20)12-5-3-2-4-6-12)18-10-13-9-14(17)7-8-15(13)19/h2-11,16,19-20H,1H3. The van der Waals surface area contributed by atoms with Crippen LogP contribution in [0.3, 0.4) is 0 Å². The SMILES string of the molecule is CC(N=Cc1cc(Br)ccc1O)C(O)c1ccccc1. The predicted octanol–water partition coefficient (Wildman–Crippen LogP) is 3.70. The van der Waals surface area contributed by atoms with E-state index in [0.29, 0.717) is 5.56 Å². The van der Waals surface area contributed by atoms with Crippen LogP contribution in [-0.2, 0) is 0 Å². The van der Waals surface area contributed by atoms with Gasteiger partial charge in [0.15, 0.2) is 0 Å². The van der Waals surface area contributed by atoms with Crippen molar-refractivity contribution in [3.8, 4) is 5.75 Å². The summed E-state index contributed by atoms with van der Waals surface area (Å²) in [6.45, 7) is 1.84. The molecule has 0 aromatic heterocycles. The van der Waals surface area contributed by atoms with Gasteiger partial charge >= 0.3 is 0 Å². The number of aliphatic hydroxyl groups is 1. The molecular formula is C16H16BrNO2. The van der Waals surface area contributed by atoms with Gasteiger partial charge in [0.1, 0.15) is 11.9 Å². The number of aliphatic imine (C=N–C) groups is 1. The zero-order valence-corrected chi connectivity index (χ0v) is 12.7. The van der Waals surface area contributed by atoms with Crippen LogP contribution >= 0.6 is 15.9 Å². The monoisotopic (exact) mass is 333 g/mol. The third-order valence-corrected chi connectivity index (χ3v) is 3.53. The van der Waals surface area contributed by atoms with Crippen molar-refractivity contribution in [3.05, 3.63) is 64.1 Å². The van der Waals surface area contributed by atoms with Crippen molar-refractivity contribution in [3.63, 3.8) is 0 Å². The Morgan fingerprint density at radius 1 is 1.15 bits per heavy atom. The van der Waals surface area contributed by atoms with Crippen LogP contribution < -0.4 is 0 Å². The third kappa shape index (κ3) is 3.68. The van der Waals surface area contributed by atoms with Crippen molar-refractivity contribution < 1.29 is 10.2 Å². The minimum absolute atomic E-state index is 0.165. The van der Waals surface area contributed by atoms with Gasteiger partial charge in [-0.25, -0.2) is 0 Å². The lowest BCUT2D eigenvalue weighted by atomic mass is 10.0.